The first kappa shape index (κ1) is 28.5. The van der Waals surface area contributed by atoms with Gasteiger partial charge in [0, 0.05) is 24.4 Å². The fraction of sp³-hybridized carbons (Fsp3) is 0.310. The molecule has 1 aliphatic heterocycles. The van der Waals surface area contributed by atoms with E-state index >= 15 is 0 Å². The molecule has 0 saturated heterocycles. The van der Waals surface area contributed by atoms with E-state index in [0.29, 0.717) is 70.1 Å². The van der Waals surface area contributed by atoms with Crippen molar-refractivity contribution < 1.29 is 23.8 Å². The van der Waals surface area contributed by atoms with Gasteiger partial charge in [0.2, 0.25) is 11.8 Å². The number of carbonyl (C=O) groups excluding carboxylic acids is 2. The van der Waals surface area contributed by atoms with Crippen LogP contribution in [-0.2, 0) is 22.6 Å². The number of hydrogen-bond acceptors (Lipinski definition) is 9. The zero-order valence-corrected chi connectivity index (χ0v) is 24.8. The Kier molecular flexibility index (Phi) is 8.50. The van der Waals surface area contributed by atoms with Crippen molar-refractivity contribution in [2.24, 2.45) is 0 Å². The van der Waals surface area contributed by atoms with E-state index in [1.807, 2.05) is 19.1 Å². The molecule has 0 radical (unpaired) electrons. The second-order valence-electron chi connectivity index (χ2n) is 9.24. The van der Waals surface area contributed by atoms with E-state index in [9.17, 15) is 14.4 Å². The number of amides is 2. The number of hydrogen-bond donors (Lipinski definition) is 1. The summed E-state index contributed by atoms with van der Waals surface area (Å²) >= 11 is 2.60. The molecule has 41 heavy (non-hydrogen) atoms. The maximum absolute atomic E-state index is 14.1. The molecule has 1 N–H and O–H groups in total. The molecule has 0 aliphatic carbocycles. The van der Waals surface area contributed by atoms with E-state index < -0.39 is 0 Å². The molecular weight excluding hydrogens is 564 g/mol. The second-order valence-corrected chi connectivity index (χ2v) is 11.3. The number of carbonyl (C=O) groups is 2. The highest BCUT2D eigenvalue weighted by molar-refractivity contribution is 7.99. The Morgan fingerprint density at radius 2 is 1.85 bits per heavy atom. The van der Waals surface area contributed by atoms with Gasteiger partial charge in [-0.2, -0.15) is 0 Å². The predicted molar refractivity (Wildman–Crippen MR) is 160 cm³/mol. The monoisotopic (exact) mass is 594 g/mol. The minimum atomic E-state index is -0.284. The molecule has 4 aromatic rings. The van der Waals surface area contributed by atoms with Gasteiger partial charge in [0.25, 0.3) is 5.56 Å². The lowest BCUT2D eigenvalue weighted by atomic mass is 10.1. The van der Waals surface area contributed by atoms with Gasteiger partial charge in [0.05, 0.1) is 49.9 Å². The number of benzene rings is 2. The third-order valence-electron chi connectivity index (χ3n) is 6.71. The van der Waals surface area contributed by atoms with Gasteiger partial charge in [0.1, 0.15) is 22.1 Å². The summed E-state index contributed by atoms with van der Waals surface area (Å²) < 4.78 is 17.7. The maximum Gasteiger partial charge on any atom is 0.267 e. The first-order chi connectivity index (χ1) is 19.8. The van der Waals surface area contributed by atoms with Crippen LogP contribution in [0.4, 0.5) is 5.69 Å². The summed E-state index contributed by atoms with van der Waals surface area (Å²) in [4.78, 5) is 47.3. The number of thiophene rings is 1. The predicted octanol–water partition coefficient (Wildman–Crippen LogP) is 4.50. The van der Waals surface area contributed by atoms with Gasteiger partial charge in [-0.15, -0.1) is 11.3 Å². The first-order valence-electron chi connectivity index (χ1n) is 13.0. The number of thioether (sulfide) groups is 1. The van der Waals surface area contributed by atoms with Gasteiger partial charge in [-0.05, 0) is 55.3 Å². The van der Waals surface area contributed by atoms with Crippen LogP contribution < -0.4 is 25.1 Å². The van der Waals surface area contributed by atoms with Crippen molar-refractivity contribution in [3.8, 4) is 22.9 Å². The molecule has 5 rings (SSSR count). The van der Waals surface area contributed by atoms with Crippen LogP contribution in [0.1, 0.15) is 24.3 Å². The Labute approximate surface area is 245 Å². The van der Waals surface area contributed by atoms with Crippen LogP contribution in [0.15, 0.2) is 52.4 Å². The van der Waals surface area contributed by atoms with E-state index in [-0.39, 0.29) is 23.1 Å². The van der Waals surface area contributed by atoms with Crippen LogP contribution in [-0.4, -0.2) is 59.4 Å². The summed E-state index contributed by atoms with van der Waals surface area (Å²) in [5, 5.41) is 3.83. The van der Waals surface area contributed by atoms with E-state index in [4.69, 9.17) is 19.2 Å². The Morgan fingerprint density at radius 3 is 2.54 bits per heavy atom. The van der Waals surface area contributed by atoms with Crippen molar-refractivity contribution in [3.63, 3.8) is 0 Å². The lowest BCUT2D eigenvalue weighted by molar-refractivity contribution is -0.129. The summed E-state index contributed by atoms with van der Waals surface area (Å²) in [5.74, 6) is 1.50. The highest BCUT2D eigenvalue weighted by atomic mass is 32.2. The van der Waals surface area contributed by atoms with Crippen molar-refractivity contribution in [3.05, 3.63) is 63.3 Å². The highest BCUT2D eigenvalue weighted by Gasteiger charge is 2.27. The molecule has 0 atom stereocenters. The summed E-state index contributed by atoms with van der Waals surface area (Å²) in [6, 6.07) is 12.4. The van der Waals surface area contributed by atoms with Crippen molar-refractivity contribution >= 4 is 50.8 Å². The lowest BCUT2D eigenvalue weighted by Crippen LogP contribution is -2.34. The van der Waals surface area contributed by atoms with Crippen molar-refractivity contribution in [1.82, 2.24) is 14.5 Å². The Morgan fingerprint density at radius 1 is 1.10 bits per heavy atom. The Balaban J connectivity index is 1.50. The number of ether oxygens (including phenoxy) is 3. The number of fused-ring (bicyclic) bond motifs is 3. The third kappa shape index (κ3) is 5.89. The fourth-order valence-corrected chi connectivity index (χ4v) is 6.78. The van der Waals surface area contributed by atoms with Crippen molar-refractivity contribution in [2.75, 3.05) is 38.4 Å². The molecule has 0 spiro atoms. The summed E-state index contributed by atoms with van der Waals surface area (Å²) in [5.41, 5.74) is 1.87. The van der Waals surface area contributed by atoms with Crippen LogP contribution in [0, 0.1) is 0 Å². The highest BCUT2D eigenvalue weighted by Crippen LogP contribution is 2.35. The molecule has 10 nitrogen and oxygen atoms in total. The molecule has 0 unspecified atom stereocenters. The minimum absolute atomic E-state index is 0.00334. The standard InChI is InChI=1S/C29H30N4O6S2/c1-5-39-19-8-6-18(7-9-19)33-28(36)26-21-12-13-32(17(2)34)15-24(21)41-27(26)31-29(33)40-16-25(35)30-22-11-10-20(37-3)14-23(22)38-4/h6-11,14H,5,12-13,15-16H2,1-4H3,(H,30,35). The number of aromatic nitrogens is 2. The number of anilines is 1. The number of rotatable bonds is 9. The zero-order chi connectivity index (χ0) is 29.1. The van der Waals surface area contributed by atoms with Crippen LogP contribution >= 0.6 is 23.1 Å². The van der Waals surface area contributed by atoms with Crippen molar-refractivity contribution in [1.29, 1.82) is 0 Å². The molecule has 2 aromatic carbocycles. The zero-order valence-electron chi connectivity index (χ0n) is 23.2. The fourth-order valence-electron chi connectivity index (χ4n) is 4.69. The molecule has 0 saturated carbocycles. The minimum Gasteiger partial charge on any atom is -0.497 e. The quantitative estimate of drug-likeness (QED) is 0.223. The average Bonchev–Trinajstić information content (AvgIpc) is 3.35. The number of nitrogens with zero attached hydrogens (tertiary/aromatic N) is 3. The van der Waals surface area contributed by atoms with Crippen LogP contribution in [0.25, 0.3) is 15.9 Å². The number of methoxy groups -OCH3 is 2. The molecule has 1 aliphatic rings. The smallest absolute Gasteiger partial charge is 0.267 e. The lowest BCUT2D eigenvalue weighted by Gasteiger charge is -2.25. The normalized spacial score (nSPS) is 12.6. The first-order valence-corrected chi connectivity index (χ1v) is 14.8. The molecule has 214 valence electrons. The molecule has 3 heterocycles. The maximum atomic E-state index is 14.1. The van der Waals surface area contributed by atoms with Gasteiger partial charge in [0.15, 0.2) is 5.16 Å². The van der Waals surface area contributed by atoms with Crippen LogP contribution in [0.2, 0.25) is 0 Å². The summed E-state index contributed by atoms with van der Waals surface area (Å²) in [7, 11) is 3.07. The van der Waals surface area contributed by atoms with Crippen molar-refractivity contribution in [2.45, 2.75) is 32.0 Å². The topological polar surface area (TPSA) is 112 Å². The molecular formula is C29H30N4O6S2. The van der Waals surface area contributed by atoms with E-state index in [2.05, 4.69) is 5.32 Å². The molecule has 2 amide bonds. The molecule has 0 bridgehead atoms. The molecule has 0 fully saturated rings. The largest absolute Gasteiger partial charge is 0.497 e. The van der Waals surface area contributed by atoms with Gasteiger partial charge in [-0.1, -0.05) is 11.8 Å². The van der Waals surface area contributed by atoms with Crippen LogP contribution in [0.3, 0.4) is 0 Å². The Bertz CT molecular complexity index is 1660. The second kappa shape index (κ2) is 12.2. The Hall–Kier alpha value is -4.03. The van der Waals surface area contributed by atoms with Gasteiger partial charge >= 0.3 is 0 Å². The molecule has 12 heteroatoms. The van der Waals surface area contributed by atoms with E-state index in [1.165, 1.54) is 30.2 Å². The van der Waals surface area contributed by atoms with Gasteiger partial charge in [-0.3, -0.25) is 19.0 Å². The average molecular weight is 595 g/mol. The SMILES string of the molecule is CCOc1ccc(-n2c(SCC(=O)Nc3ccc(OC)cc3OC)nc3sc4c(c3c2=O)CCN(C(C)=O)C4)cc1. The van der Waals surface area contributed by atoms with Gasteiger partial charge in [-0.25, -0.2) is 4.98 Å². The number of nitrogens with one attached hydrogen (secondary N) is 1. The van der Waals surface area contributed by atoms with E-state index in [0.717, 1.165) is 10.4 Å². The van der Waals surface area contributed by atoms with Crippen LogP contribution in [0.5, 0.6) is 17.2 Å². The van der Waals surface area contributed by atoms with E-state index in [1.54, 1.807) is 53.8 Å². The summed E-state index contributed by atoms with van der Waals surface area (Å²) in [6.07, 6.45) is 0.591. The van der Waals surface area contributed by atoms with Gasteiger partial charge < -0.3 is 24.4 Å². The summed E-state index contributed by atoms with van der Waals surface area (Å²) in [6.45, 7) is 5.01. The molecule has 2 aromatic heterocycles. The third-order valence-corrected chi connectivity index (χ3v) is 8.76.